The summed E-state index contributed by atoms with van der Waals surface area (Å²) in [6, 6.07) is 4.43. The molecule has 0 spiro atoms. The molecule has 5 rings (SSSR count). The van der Waals surface area contributed by atoms with E-state index in [1.807, 2.05) is 4.90 Å². The van der Waals surface area contributed by atoms with Crippen LogP contribution in [0.2, 0.25) is 0 Å². The number of hydrogen-bond acceptors (Lipinski definition) is 5. The second-order valence-corrected chi connectivity index (χ2v) is 8.79. The average Bonchev–Trinajstić information content (AvgIpc) is 3.16. The van der Waals surface area contributed by atoms with Gasteiger partial charge in [0.05, 0.1) is 17.4 Å². The van der Waals surface area contributed by atoms with Crippen molar-refractivity contribution in [3.8, 4) is 11.8 Å². The molecule has 10 heteroatoms. The highest BCUT2D eigenvalue weighted by atomic mass is 19.4. The van der Waals surface area contributed by atoms with Crippen molar-refractivity contribution in [1.82, 2.24) is 24.6 Å². The van der Waals surface area contributed by atoms with Crippen molar-refractivity contribution in [3.05, 3.63) is 53.4 Å². The van der Waals surface area contributed by atoms with E-state index in [2.05, 4.69) is 32.0 Å². The van der Waals surface area contributed by atoms with E-state index in [-0.39, 0.29) is 0 Å². The Hall–Kier alpha value is -3.74. The topological polar surface area (TPSA) is 59.2 Å². The van der Waals surface area contributed by atoms with Crippen molar-refractivity contribution in [2.45, 2.75) is 39.8 Å². The van der Waals surface area contributed by atoms with Crippen LogP contribution >= 0.6 is 0 Å². The number of aryl methyl sites for hydroxylation is 1. The number of anilines is 2. The van der Waals surface area contributed by atoms with Crippen LogP contribution < -0.4 is 4.90 Å². The number of alkyl halides is 3. The van der Waals surface area contributed by atoms with E-state index >= 15 is 0 Å². The molecule has 0 bridgehead atoms. The Morgan fingerprint density at radius 3 is 2.65 bits per heavy atom. The second-order valence-electron chi connectivity index (χ2n) is 8.79. The summed E-state index contributed by atoms with van der Waals surface area (Å²) in [5, 5.41) is 8.80. The minimum absolute atomic E-state index is 0.370. The SMILES string of the molecule is Cc1nnc2nc(N3CCCc4c(C#CC(C)(C)C(F)(F)F)cncc43)c3cc(F)ccc3n12. The molecular formula is C24H20F4N6. The molecule has 3 aromatic heterocycles. The highest BCUT2D eigenvalue weighted by molar-refractivity contribution is 5.94. The van der Waals surface area contributed by atoms with Gasteiger partial charge in [0.15, 0.2) is 0 Å². The lowest BCUT2D eigenvalue weighted by Crippen LogP contribution is -2.30. The van der Waals surface area contributed by atoms with E-state index in [1.54, 1.807) is 23.6 Å². The molecule has 0 fully saturated rings. The van der Waals surface area contributed by atoms with E-state index in [0.717, 1.165) is 19.4 Å². The summed E-state index contributed by atoms with van der Waals surface area (Å²) in [4.78, 5) is 10.8. The van der Waals surface area contributed by atoms with Gasteiger partial charge in [0.1, 0.15) is 22.9 Å². The van der Waals surface area contributed by atoms with Gasteiger partial charge in [-0.15, -0.1) is 10.2 Å². The molecule has 0 saturated carbocycles. The lowest BCUT2D eigenvalue weighted by Gasteiger charge is -2.31. The fourth-order valence-corrected chi connectivity index (χ4v) is 4.08. The number of hydrogen-bond donors (Lipinski definition) is 0. The Bertz CT molecular complexity index is 1490. The van der Waals surface area contributed by atoms with Crippen LogP contribution in [0.5, 0.6) is 0 Å². The molecule has 0 aliphatic carbocycles. The van der Waals surface area contributed by atoms with E-state index in [0.29, 0.717) is 59.0 Å². The molecule has 0 saturated heterocycles. The molecule has 0 N–H and O–H groups in total. The Balaban J connectivity index is 1.69. The van der Waals surface area contributed by atoms with Gasteiger partial charge < -0.3 is 4.90 Å². The van der Waals surface area contributed by atoms with Gasteiger partial charge >= 0.3 is 6.18 Å². The molecule has 6 nitrogen and oxygen atoms in total. The van der Waals surface area contributed by atoms with Crippen LogP contribution in [-0.2, 0) is 6.42 Å². The van der Waals surface area contributed by atoms with Crippen molar-refractivity contribution < 1.29 is 17.6 Å². The highest BCUT2D eigenvalue weighted by Gasteiger charge is 2.46. The molecule has 34 heavy (non-hydrogen) atoms. The molecule has 0 amide bonds. The molecule has 174 valence electrons. The van der Waals surface area contributed by atoms with Crippen molar-refractivity contribution in [1.29, 1.82) is 0 Å². The predicted octanol–water partition coefficient (Wildman–Crippen LogP) is 5.14. The van der Waals surface area contributed by atoms with Gasteiger partial charge in [0, 0.05) is 23.7 Å². The van der Waals surface area contributed by atoms with Gasteiger partial charge in [-0.3, -0.25) is 9.38 Å². The molecular weight excluding hydrogens is 448 g/mol. The first-order valence-electron chi connectivity index (χ1n) is 10.7. The summed E-state index contributed by atoms with van der Waals surface area (Å²) < 4.78 is 55.9. The zero-order chi connectivity index (χ0) is 24.3. The number of aromatic nitrogens is 5. The number of fused-ring (bicyclic) bond motifs is 4. The van der Waals surface area contributed by atoms with Crippen LogP contribution in [0.25, 0.3) is 16.7 Å². The van der Waals surface area contributed by atoms with Crippen LogP contribution in [0.15, 0.2) is 30.6 Å². The number of pyridine rings is 1. The average molecular weight is 468 g/mol. The molecule has 4 heterocycles. The third kappa shape index (κ3) is 3.52. The lowest BCUT2D eigenvalue weighted by molar-refractivity contribution is -0.190. The van der Waals surface area contributed by atoms with Gasteiger partial charge in [0.25, 0.3) is 5.78 Å². The van der Waals surface area contributed by atoms with Gasteiger partial charge in [-0.05, 0) is 57.4 Å². The maximum absolute atomic E-state index is 14.3. The van der Waals surface area contributed by atoms with Gasteiger partial charge in [-0.2, -0.15) is 18.2 Å². The van der Waals surface area contributed by atoms with Gasteiger partial charge in [-0.1, -0.05) is 11.8 Å². The lowest BCUT2D eigenvalue weighted by atomic mass is 9.92. The minimum Gasteiger partial charge on any atom is -0.324 e. The van der Waals surface area contributed by atoms with E-state index < -0.39 is 17.4 Å². The largest absolute Gasteiger partial charge is 0.404 e. The fourth-order valence-electron chi connectivity index (χ4n) is 4.08. The Kier molecular flexibility index (Phi) is 4.97. The fraction of sp³-hybridized carbons (Fsp3) is 0.333. The summed E-state index contributed by atoms with van der Waals surface area (Å²) >= 11 is 0. The highest BCUT2D eigenvalue weighted by Crippen LogP contribution is 2.39. The Labute approximate surface area is 192 Å². The van der Waals surface area contributed by atoms with Crippen LogP contribution in [0.1, 0.15) is 37.2 Å². The molecule has 1 aliphatic rings. The van der Waals surface area contributed by atoms with Crippen LogP contribution in [0, 0.1) is 30.0 Å². The number of rotatable bonds is 1. The molecule has 0 atom stereocenters. The maximum Gasteiger partial charge on any atom is 0.404 e. The number of halogens is 4. The third-order valence-electron chi connectivity index (χ3n) is 6.06. The van der Waals surface area contributed by atoms with Crippen LogP contribution in [0.4, 0.5) is 29.1 Å². The molecule has 1 aromatic carbocycles. The summed E-state index contributed by atoms with van der Waals surface area (Å²) in [6.45, 7) is 4.46. The van der Waals surface area contributed by atoms with Crippen molar-refractivity contribution in [2.75, 3.05) is 11.4 Å². The van der Waals surface area contributed by atoms with Gasteiger partial charge in [-0.25, -0.2) is 4.39 Å². The summed E-state index contributed by atoms with van der Waals surface area (Å²) in [5.41, 5.74) is 0.453. The van der Waals surface area contributed by atoms with Crippen LogP contribution in [-0.4, -0.2) is 37.3 Å². The Morgan fingerprint density at radius 1 is 1.09 bits per heavy atom. The minimum atomic E-state index is -4.45. The van der Waals surface area contributed by atoms with E-state index in [4.69, 9.17) is 0 Å². The first-order chi connectivity index (χ1) is 16.1. The maximum atomic E-state index is 14.3. The van der Waals surface area contributed by atoms with E-state index in [1.165, 1.54) is 18.3 Å². The van der Waals surface area contributed by atoms with Gasteiger partial charge in [0.2, 0.25) is 0 Å². The number of benzene rings is 1. The zero-order valence-electron chi connectivity index (χ0n) is 18.7. The zero-order valence-corrected chi connectivity index (χ0v) is 18.7. The van der Waals surface area contributed by atoms with E-state index in [9.17, 15) is 17.6 Å². The van der Waals surface area contributed by atoms with Crippen LogP contribution in [0.3, 0.4) is 0 Å². The smallest absolute Gasteiger partial charge is 0.324 e. The first kappa shape index (κ1) is 22.1. The second kappa shape index (κ2) is 7.65. The number of nitrogens with zero attached hydrogens (tertiary/aromatic N) is 6. The molecule has 0 radical (unpaired) electrons. The quantitative estimate of drug-likeness (QED) is 0.286. The normalized spacial score (nSPS) is 14.3. The standard InChI is InChI=1S/C24H20F4N6/c1-14-31-32-22-30-21(18-11-16(25)6-7-19(18)34(14)22)33-10-4-5-17-15(12-29-13-20(17)33)8-9-23(2,3)24(26,27)28/h6-7,11-13H,4-5,10H2,1-3H3. The predicted molar refractivity (Wildman–Crippen MR) is 119 cm³/mol. The monoisotopic (exact) mass is 468 g/mol. The summed E-state index contributed by atoms with van der Waals surface area (Å²) in [7, 11) is 0. The Morgan fingerprint density at radius 2 is 1.88 bits per heavy atom. The van der Waals surface area contributed by atoms with Crippen molar-refractivity contribution in [3.63, 3.8) is 0 Å². The molecule has 4 aromatic rings. The molecule has 1 aliphatic heterocycles. The summed E-state index contributed by atoms with van der Waals surface area (Å²) in [5.74, 6) is 6.13. The van der Waals surface area contributed by atoms with Crippen molar-refractivity contribution in [2.24, 2.45) is 5.41 Å². The summed E-state index contributed by atoms with van der Waals surface area (Å²) in [6.07, 6.45) is 0.0128. The third-order valence-corrected chi connectivity index (χ3v) is 6.06. The first-order valence-corrected chi connectivity index (χ1v) is 10.7. The van der Waals surface area contributed by atoms with Crippen molar-refractivity contribution >= 4 is 28.2 Å². The molecule has 0 unspecified atom stereocenters.